The largest absolute Gasteiger partial charge is 0.354 e. The van der Waals surface area contributed by atoms with Crippen molar-refractivity contribution >= 4 is 33.6 Å². The van der Waals surface area contributed by atoms with Crippen LogP contribution in [0.25, 0.3) is 0 Å². The predicted molar refractivity (Wildman–Crippen MR) is 88.5 cm³/mol. The van der Waals surface area contributed by atoms with Gasteiger partial charge in [0.1, 0.15) is 0 Å². The van der Waals surface area contributed by atoms with E-state index in [9.17, 15) is 9.59 Å². The van der Waals surface area contributed by atoms with E-state index in [-0.39, 0.29) is 18.5 Å². The summed E-state index contributed by atoms with van der Waals surface area (Å²) >= 11 is 3.41. The highest BCUT2D eigenvalue weighted by Gasteiger charge is 2.09. The molecule has 0 saturated heterocycles. The molecule has 0 aliphatic heterocycles. The van der Waals surface area contributed by atoms with Crippen molar-refractivity contribution in [2.75, 3.05) is 18.4 Å². The molecule has 1 aromatic carbocycles. The van der Waals surface area contributed by atoms with Crippen LogP contribution < -0.4 is 16.0 Å². The topological polar surface area (TPSA) is 70.2 Å². The fourth-order valence-corrected chi connectivity index (χ4v) is 2.49. The second-order valence-corrected chi connectivity index (χ2v) is 6.34. The summed E-state index contributed by atoms with van der Waals surface area (Å²) in [6.07, 6.45) is 0. The van der Waals surface area contributed by atoms with Crippen molar-refractivity contribution < 1.29 is 9.59 Å². The van der Waals surface area contributed by atoms with E-state index < -0.39 is 0 Å². The molecule has 0 saturated carbocycles. The minimum Gasteiger partial charge on any atom is -0.354 e. The molecular weight excluding hydrogens is 334 g/mol. The van der Waals surface area contributed by atoms with E-state index >= 15 is 0 Å². The number of hydrogen-bond donors (Lipinski definition) is 3. The van der Waals surface area contributed by atoms with Gasteiger partial charge in [-0.05, 0) is 43.0 Å². The highest BCUT2D eigenvalue weighted by Crippen LogP contribution is 2.24. The lowest BCUT2D eigenvalue weighted by molar-refractivity contribution is -0.120. The van der Waals surface area contributed by atoms with E-state index in [1.807, 2.05) is 39.8 Å². The van der Waals surface area contributed by atoms with E-state index in [2.05, 4.69) is 31.9 Å². The average molecular weight is 356 g/mol. The summed E-state index contributed by atoms with van der Waals surface area (Å²) < 4.78 is 0.969. The Hall–Kier alpha value is -1.56. The van der Waals surface area contributed by atoms with Crippen molar-refractivity contribution in [3.8, 4) is 0 Å². The number of urea groups is 1. The highest BCUT2D eigenvalue weighted by atomic mass is 79.9. The minimum absolute atomic E-state index is 0.0345. The summed E-state index contributed by atoms with van der Waals surface area (Å²) in [5.41, 5.74) is 2.68. The summed E-state index contributed by atoms with van der Waals surface area (Å²) in [7, 11) is 0. The Balaban J connectivity index is 2.50. The maximum Gasteiger partial charge on any atom is 0.319 e. The molecule has 0 spiro atoms. The summed E-state index contributed by atoms with van der Waals surface area (Å²) in [4.78, 5) is 23.4. The Kier molecular flexibility index (Phi) is 6.68. The molecule has 0 aliphatic rings. The van der Waals surface area contributed by atoms with Gasteiger partial charge in [0.25, 0.3) is 0 Å². The number of hydrogen-bond acceptors (Lipinski definition) is 2. The average Bonchev–Trinajstić information content (AvgIpc) is 2.38. The Labute approximate surface area is 134 Å². The van der Waals surface area contributed by atoms with E-state index in [0.29, 0.717) is 12.5 Å². The van der Waals surface area contributed by atoms with Crippen molar-refractivity contribution in [2.45, 2.75) is 27.7 Å². The zero-order valence-electron chi connectivity index (χ0n) is 12.8. The van der Waals surface area contributed by atoms with Gasteiger partial charge in [0.05, 0.1) is 6.54 Å². The van der Waals surface area contributed by atoms with Crippen LogP contribution in [0.3, 0.4) is 0 Å². The number of aryl methyl sites for hydroxylation is 2. The highest BCUT2D eigenvalue weighted by molar-refractivity contribution is 9.10. The third kappa shape index (κ3) is 6.16. The molecule has 0 unspecified atom stereocenters. The molecule has 0 atom stereocenters. The first-order chi connectivity index (χ1) is 9.79. The molecule has 6 heteroatoms. The summed E-state index contributed by atoms with van der Waals surface area (Å²) in [6.45, 7) is 8.44. The van der Waals surface area contributed by atoms with E-state index in [4.69, 9.17) is 0 Å². The van der Waals surface area contributed by atoms with Crippen molar-refractivity contribution in [2.24, 2.45) is 5.92 Å². The number of amides is 3. The standard InChI is InChI=1S/C15H22BrN3O2/c1-9(2)7-17-13(20)8-18-15(21)19-14-10(3)5-12(16)6-11(14)4/h5-6,9H,7-8H2,1-4H3,(H,17,20)(H2,18,19,21). The van der Waals surface area contributed by atoms with Gasteiger partial charge < -0.3 is 16.0 Å². The molecular formula is C15H22BrN3O2. The third-order valence-electron chi connectivity index (χ3n) is 2.85. The molecule has 3 N–H and O–H groups in total. The normalized spacial score (nSPS) is 10.4. The van der Waals surface area contributed by atoms with Crippen LogP contribution >= 0.6 is 15.9 Å². The molecule has 0 aliphatic carbocycles. The van der Waals surface area contributed by atoms with Crippen LogP contribution in [0.5, 0.6) is 0 Å². The maximum atomic E-state index is 11.8. The Morgan fingerprint density at radius 1 is 1.14 bits per heavy atom. The first kappa shape index (κ1) is 17.5. The molecule has 0 heterocycles. The predicted octanol–water partition coefficient (Wildman–Crippen LogP) is 2.96. The zero-order chi connectivity index (χ0) is 16.0. The number of carbonyl (C=O) groups is 2. The van der Waals surface area contributed by atoms with Crippen LogP contribution in [-0.2, 0) is 4.79 Å². The van der Waals surface area contributed by atoms with Crippen LogP contribution in [0.1, 0.15) is 25.0 Å². The van der Waals surface area contributed by atoms with Crippen LogP contribution in [0.4, 0.5) is 10.5 Å². The molecule has 1 aromatic rings. The lowest BCUT2D eigenvalue weighted by atomic mass is 10.1. The van der Waals surface area contributed by atoms with Gasteiger partial charge in [-0.15, -0.1) is 0 Å². The van der Waals surface area contributed by atoms with Gasteiger partial charge in [0.15, 0.2) is 0 Å². The number of anilines is 1. The van der Waals surface area contributed by atoms with Gasteiger partial charge in [0.2, 0.25) is 5.91 Å². The number of nitrogens with one attached hydrogen (secondary N) is 3. The quantitative estimate of drug-likeness (QED) is 0.759. The van der Waals surface area contributed by atoms with E-state index in [1.54, 1.807) is 0 Å². The van der Waals surface area contributed by atoms with Gasteiger partial charge in [-0.25, -0.2) is 4.79 Å². The van der Waals surface area contributed by atoms with Gasteiger partial charge in [-0.3, -0.25) is 4.79 Å². The molecule has 0 radical (unpaired) electrons. The van der Waals surface area contributed by atoms with Crippen LogP contribution in [0.2, 0.25) is 0 Å². The smallest absolute Gasteiger partial charge is 0.319 e. The molecule has 1 rings (SSSR count). The first-order valence-electron chi connectivity index (χ1n) is 6.88. The van der Waals surface area contributed by atoms with Crippen molar-refractivity contribution in [1.29, 1.82) is 0 Å². The van der Waals surface area contributed by atoms with E-state index in [1.165, 1.54) is 0 Å². The molecule has 5 nitrogen and oxygen atoms in total. The van der Waals surface area contributed by atoms with Crippen molar-refractivity contribution in [3.05, 3.63) is 27.7 Å². The fourth-order valence-electron chi connectivity index (χ4n) is 1.81. The Morgan fingerprint density at radius 2 is 1.71 bits per heavy atom. The SMILES string of the molecule is Cc1cc(Br)cc(C)c1NC(=O)NCC(=O)NCC(C)C. The van der Waals surface area contributed by atoms with Gasteiger partial charge in [-0.2, -0.15) is 0 Å². The van der Waals surface area contributed by atoms with Crippen LogP contribution in [0, 0.1) is 19.8 Å². The molecule has 0 fully saturated rings. The second kappa shape index (κ2) is 8.02. The van der Waals surface area contributed by atoms with Crippen LogP contribution in [0.15, 0.2) is 16.6 Å². The van der Waals surface area contributed by atoms with Crippen LogP contribution in [-0.4, -0.2) is 25.0 Å². The second-order valence-electron chi connectivity index (χ2n) is 5.42. The summed E-state index contributed by atoms with van der Waals surface area (Å²) in [5, 5.41) is 8.07. The first-order valence-corrected chi connectivity index (χ1v) is 7.67. The van der Waals surface area contributed by atoms with Gasteiger partial charge in [0, 0.05) is 16.7 Å². The summed E-state index contributed by atoms with van der Waals surface area (Å²) in [6, 6.07) is 3.47. The minimum atomic E-state index is -0.386. The van der Waals surface area contributed by atoms with E-state index in [0.717, 1.165) is 21.3 Å². The lowest BCUT2D eigenvalue weighted by Crippen LogP contribution is -2.40. The van der Waals surface area contributed by atoms with Crippen molar-refractivity contribution in [1.82, 2.24) is 10.6 Å². The number of halogens is 1. The fraction of sp³-hybridized carbons (Fsp3) is 0.467. The molecule has 21 heavy (non-hydrogen) atoms. The molecule has 116 valence electrons. The monoisotopic (exact) mass is 355 g/mol. The zero-order valence-corrected chi connectivity index (χ0v) is 14.4. The molecule has 3 amide bonds. The van der Waals surface area contributed by atoms with Gasteiger partial charge >= 0.3 is 6.03 Å². The summed E-state index contributed by atoms with van der Waals surface area (Å²) in [5.74, 6) is 0.193. The number of rotatable bonds is 5. The Morgan fingerprint density at radius 3 is 2.24 bits per heavy atom. The third-order valence-corrected chi connectivity index (χ3v) is 3.31. The maximum absolute atomic E-state index is 11.8. The molecule has 0 bridgehead atoms. The lowest BCUT2D eigenvalue weighted by Gasteiger charge is -2.13. The Bertz CT molecular complexity index is 507. The van der Waals surface area contributed by atoms with Crippen molar-refractivity contribution in [3.63, 3.8) is 0 Å². The number of carbonyl (C=O) groups excluding carboxylic acids is 2. The number of benzene rings is 1. The molecule has 0 aromatic heterocycles. The van der Waals surface area contributed by atoms with Gasteiger partial charge in [-0.1, -0.05) is 29.8 Å².